The van der Waals surface area contributed by atoms with Gasteiger partial charge in [0.25, 0.3) is 0 Å². The molecule has 2 heterocycles. The van der Waals surface area contributed by atoms with Crippen molar-refractivity contribution in [3.05, 3.63) is 27.8 Å². The average Bonchev–Trinajstić information content (AvgIpc) is 2.45. The zero-order valence-corrected chi connectivity index (χ0v) is 9.23. The molecular weight excluding hydrogens is 298 g/mol. The van der Waals surface area contributed by atoms with E-state index >= 15 is 0 Å². The summed E-state index contributed by atoms with van der Waals surface area (Å²) in [6.45, 7) is 0. The molecule has 0 N–H and O–H groups in total. The lowest BCUT2D eigenvalue weighted by Gasteiger charge is -2.01. The van der Waals surface area contributed by atoms with Gasteiger partial charge in [0, 0.05) is 12.4 Å². The van der Waals surface area contributed by atoms with Crippen LogP contribution in [0.15, 0.2) is 17.0 Å². The van der Waals surface area contributed by atoms with Gasteiger partial charge in [-0.05, 0) is 15.9 Å². The molecule has 3 nitrogen and oxygen atoms in total. The number of aromatic nitrogens is 3. The molecule has 0 saturated carbocycles. The first-order valence-electron chi connectivity index (χ1n) is 3.66. The van der Waals surface area contributed by atoms with Crippen LogP contribution in [-0.4, -0.2) is 14.4 Å². The Morgan fingerprint density at radius 2 is 2.07 bits per heavy atom. The molecular formula is C7H2BrClF3N3. The Bertz CT molecular complexity index is 522. The second-order valence-electron chi connectivity index (χ2n) is 2.66. The molecule has 0 atom stereocenters. The van der Waals surface area contributed by atoms with E-state index in [2.05, 4.69) is 25.9 Å². The van der Waals surface area contributed by atoms with Gasteiger partial charge in [-0.25, -0.2) is 9.97 Å². The maximum atomic E-state index is 12.4. The number of imidazole rings is 1. The highest BCUT2D eigenvalue weighted by Crippen LogP contribution is 2.35. The number of alkyl halides is 3. The van der Waals surface area contributed by atoms with Crippen molar-refractivity contribution in [3.63, 3.8) is 0 Å². The number of halogens is 5. The zero-order chi connectivity index (χ0) is 11.2. The van der Waals surface area contributed by atoms with Crippen molar-refractivity contribution in [3.8, 4) is 0 Å². The van der Waals surface area contributed by atoms with Crippen LogP contribution < -0.4 is 0 Å². The molecule has 2 rings (SSSR count). The normalized spacial score (nSPS) is 12.3. The Morgan fingerprint density at radius 3 is 2.60 bits per heavy atom. The summed E-state index contributed by atoms with van der Waals surface area (Å²) in [6, 6.07) is 0. The van der Waals surface area contributed by atoms with Crippen LogP contribution in [0.2, 0.25) is 5.15 Å². The van der Waals surface area contributed by atoms with E-state index in [9.17, 15) is 13.2 Å². The Morgan fingerprint density at radius 1 is 1.40 bits per heavy atom. The molecule has 0 radical (unpaired) electrons. The molecule has 0 spiro atoms. The number of hydrogen-bond acceptors (Lipinski definition) is 2. The van der Waals surface area contributed by atoms with Gasteiger partial charge in [0.2, 0.25) is 0 Å². The zero-order valence-electron chi connectivity index (χ0n) is 6.89. The fraction of sp³-hybridized carbons (Fsp3) is 0.143. The van der Waals surface area contributed by atoms with Crippen LogP contribution in [0.3, 0.4) is 0 Å². The van der Waals surface area contributed by atoms with Crippen molar-refractivity contribution in [2.75, 3.05) is 0 Å². The minimum absolute atomic E-state index is 0.0293. The maximum absolute atomic E-state index is 12.4. The lowest BCUT2D eigenvalue weighted by molar-refractivity contribution is -0.141. The lowest BCUT2D eigenvalue weighted by Crippen LogP contribution is -2.06. The first kappa shape index (κ1) is 10.7. The van der Waals surface area contributed by atoms with Crippen molar-refractivity contribution < 1.29 is 13.2 Å². The van der Waals surface area contributed by atoms with Crippen LogP contribution in [-0.2, 0) is 6.18 Å². The summed E-state index contributed by atoms with van der Waals surface area (Å²) in [7, 11) is 0. The number of rotatable bonds is 0. The van der Waals surface area contributed by atoms with Crippen molar-refractivity contribution in [2.24, 2.45) is 0 Å². The summed E-state index contributed by atoms with van der Waals surface area (Å²) >= 11 is 8.43. The van der Waals surface area contributed by atoms with E-state index in [1.807, 2.05) is 0 Å². The molecule has 2 aromatic heterocycles. The second-order valence-corrected chi connectivity index (χ2v) is 3.77. The molecule has 0 aromatic carbocycles. The first-order chi connectivity index (χ1) is 6.91. The second kappa shape index (κ2) is 3.34. The Labute approximate surface area is 95.0 Å². The summed E-state index contributed by atoms with van der Waals surface area (Å²) in [5, 5.41) is -0.0753. The molecule has 0 aliphatic carbocycles. The van der Waals surface area contributed by atoms with Crippen LogP contribution in [0.5, 0.6) is 0 Å². The topological polar surface area (TPSA) is 30.2 Å². The van der Waals surface area contributed by atoms with E-state index in [-0.39, 0.29) is 15.4 Å². The Kier molecular flexibility index (Phi) is 2.38. The minimum Gasteiger partial charge on any atom is -0.290 e. The van der Waals surface area contributed by atoms with Crippen molar-refractivity contribution in [1.82, 2.24) is 14.4 Å². The van der Waals surface area contributed by atoms with Gasteiger partial charge in [0.05, 0.1) is 0 Å². The van der Waals surface area contributed by atoms with Crippen LogP contribution in [0.1, 0.15) is 5.69 Å². The van der Waals surface area contributed by atoms with Gasteiger partial charge in [0.15, 0.2) is 16.5 Å². The highest BCUT2D eigenvalue weighted by Gasteiger charge is 2.37. The average molecular weight is 300 g/mol. The van der Waals surface area contributed by atoms with Crippen LogP contribution in [0.25, 0.3) is 5.65 Å². The smallest absolute Gasteiger partial charge is 0.290 e. The molecule has 0 bridgehead atoms. The summed E-state index contributed by atoms with van der Waals surface area (Å²) in [5.74, 6) is 0. The van der Waals surface area contributed by atoms with Gasteiger partial charge in [-0.2, -0.15) is 13.2 Å². The van der Waals surface area contributed by atoms with E-state index in [1.54, 1.807) is 0 Å². The minimum atomic E-state index is -4.52. The number of hydrogen-bond donors (Lipinski definition) is 0. The molecule has 0 amide bonds. The molecule has 0 aliphatic rings. The van der Waals surface area contributed by atoms with Crippen LogP contribution in [0, 0.1) is 0 Å². The van der Waals surface area contributed by atoms with E-state index in [0.29, 0.717) is 0 Å². The Balaban J connectivity index is 2.81. The summed E-state index contributed by atoms with van der Waals surface area (Å²) in [5.41, 5.74) is -1.05. The van der Waals surface area contributed by atoms with Crippen LogP contribution in [0.4, 0.5) is 13.2 Å². The maximum Gasteiger partial charge on any atom is 0.436 e. The third-order valence-electron chi connectivity index (χ3n) is 1.71. The summed E-state index contributed by atoms with van der Waals surface area (Å²) in [6.07, 6.45) is -1.89. The SMILES string of the molecule is FC(F)(F)c1nc2c(Cl)nccn2c1Br. The molecule has 0 aliphatic heterocycles. The van der Waals surface area contributed by atoms with Gasteiger partial charge in [0.1, 0.15) is 4.60 Å². The third-order valence-corrected chi connectivity index (χ3v) is 2.73. The highest BCUT2D eigenvalue weighted by molar-refractivity contribution is 9.10. The van der Waals surface area contributed by atoms with Crippen molar-refractivity contribution in [1.29, 1.82) is 0 Å². The molecule has 2 aromatic rings. The molecule has 80 valence electrons. The molecule has 8 heteroatoms. The van der Waals surface area contributed by atoms with E-state index in [4.69, 9.17) is 11.6 Å². The molecule has 0 unspecified atom stereocenters. The van der Waals surface area contributed by atoms with Gasteiger partial charge >= 0.3 is 6.18 Å². The molecule has 0 fully saturated rings. The lowest BCUT2D eigenvalue weighted by atomic mass is 10.5. The highest BCUT2D eigenvalue weighted by atomic mass is 79.9. The monoisotopic (exact) mass is 299 g/mol. The first-order valence-corrected chi connectivity index (χ1v) is 4.83. The van der Waals surface area contributed by atoms with E-state index in [1.165, 1.54) is 16.8 Å². The van der Waals surface area contributed by atoms with Crippen LogP contribution >= 0.6 is 27.5 Å². The summed E-state index contributed by atoms with van der Waals surface area (Å²) < 4.78 is 38.3. The van der Waals surface area contributed by atoms with E-state index in [0.717, 1.165) is 0 Å². The van der Waals surface area contributed by atoms with Crippen molar-refractivity contribution in [2.45, 2.75) is 6.18 Å². The third kappa shape index (κ3) is 1.69. The number of nitrogens with zero attached hydrogens (tertiary/aromatic N) is 3. The molecule has 15 heavy (non-hydrogen) atoms. The van der Waals surface area contributed by atoms with E-state index < -0.39 is 11.9 Å². The predicted octanol–water partition coefficient (Wildman–Crippen LogP) is 3.16. The Hall–Kier alpha value is -0.820. The number of fused-ring (bicyclic) bond motifs is 1. The summed E-state index contributed by atoms with van der Waals surface area (Å²) in [4.78, 5) is 7.02. The predicted molar refractivity (Wildman–Crippen MR) is 50.7 cm³/mol. The van der Waals surface area contributed by atoms with Gasteiger partial charge in [-0.3, -0.25) is 4.40 Å². The van der Waals surface area contributed by atoms with Gasteiger partial charge in [-0.15, -0.1) is 0 Å². The fourth-order valence-corrected chi connectivity index (χ4v) is 1.89. The molecule has 0 saturated heterocycles. The standard InChI is InChI=1S/C7H2BrClF3N3/c8-4-3(7(10,11)12)14-6-5(9)13-1-2-15(4)6/h1-2H. The van der Waals surface area contributed by atoms with Gasteiger partial charge < -0.3 is 0 Å². The fourth-order valence-electron chi connectivity index (χ4n) is 1.10. The van der Waals surface area contributed by atoms with Crippen molar-refractivity contribution >= 4 is 33.2 Å². The quantitative estimate of drug-likeness (QED) is 0.748. The van der Waals surface area contributed by atoms with Gasteiger partial charge in [-0.1, -0.05) is 11.6 Å². The largest absolute Gasteiger partial charge is 0.436 e.